The number of rotatable bonds is 6. The number of anilines is 1. The first kappa shape index (κ1) is 12.4. The van der Waals surface area contributed by atoms with Crippen LogP contribution < -0.4 is 4.90 Å². The fourth-order valence-electron chi connectivity index (χ4n) is 1.69. The van der Waals surface area contributed by atoms with E-state index in [0.29, 0.717) is 0 Å². The Morgan fingerprint density at radius 2 is 2.07 bits per heavy atom. The van der Waals surface area contributed by atoms with E-state index in [1.807, 2.05) is 0 Å². The minimum atomic E-state index is 0.769. The topological polar surface area (TPSA) is 3.24 Å². The predicted octanol–water partition coefficient (Wildman–Crippen LogP) is 3.84. The van der Waals surface area contributed by atoms with Gasteiger partial charge in [-0.1, -0.05) is 12.1 Å². The zero-order chi connectivity index (χ0) is 11.1. The molecule has 0 bridgehead atoms. The van der Waals surface area contributed by atoms with Gasteiger partial charge >= 0.3 is 0 Å². The maximum atomic E-state index is 5.68. The average Bonchev–Trinajstić information content (AvgIpc) is 2.24. The lowest BCUT2D eigenvalue weighted by molar-refractivity contribution is 0.734. The molecule has 0 saturated carbocycles. The highest BCUT2D eigenvalue weighted by molar-refractivity contribution is 6.17. The van der Waals surface area contributed by atoms with E-state index < -0.39 is 0 Å². The van der Waals surface area contributed by atoms with Gasteiger partial charge in [-0.25, -0.2) is 0 Å². The first-order valence-electron chi connectivity index (χ1n) is 5.65. The summed E-state index contributed by atoms with van der Waals surface area (Å²) in [5, 5.41) is 0. The summed E-state index contributed by atoms with van der Waals surface area (Å²) in [5.41, 5.74) is 2.65. The Kier molecular flexibility index (Phi) is 5.56. The van der Waals surface area contributed by atoms with Crippen molar-refractivity contribution in [1.29, 1.82) is 0 Å². The molecule has 2 heteroatoms. The van der Waals surface area contributed by atoms with Gasteiger partial charge in [-0.15, -0.1) is 11.6 Å². The van der Waals surface area contributed by atoms with Crippen molar-refractivity contribution >= 4 is 17.3 Å². The third kappa shape index (κ3) is 4.13. The Morgan fingerprint density at radius 3 is 2.67 bits per heavy atom. The summed E-state index contributed by atoms with van der Waals surface area (Å²) >= 11 is 5.68. The summed E-state index contributed by atoms with van der Waals surface area (Å²) < 4.78 is 0. The van der Waals surface area contributed by atoms with Crippen molar-refractivity contribution in [2.24, 2.45) is 0 Å². The number of aryl methyl sites for hydroxylation is 1. The lowest BCUT2D eigenvalue weighted by Gasteiger charge is -2.23. The fraction of sp³-hybridized carbons (Fsp3) is 0.538. The molecule has 0 amide bonds. The van der Waals surface area contributed by atoms with Crippen LogP contribution in [0.4, 0.5) is 5.69 Å². The second-order valence-electron chi connectivity index (χ2n) is 3.81. The van der Waals surface area contributed by atoms with Gasteiger partial charge < -0.3 is 4.90 Å². The molecule has 0 unspecified atom stereocenters. The normalized spacial score (nSPS) is 10.3. The molecule has 0 spiro atoms. The highest BCUT2D eigenvalue weighted by Crippen LogP contribution is 2.16. The molecule has 0 heterocycles. The highest BCUT2D eigenvalue weighted by Gasteiger charge is 2.03. The van der Waals surface area contributed by atoms with Crippen LogP contribution in [0.1, 0.15) is 25.3 Å². The fourth-order valence-corrected chi connectivity index (χ4v) is 1.88. The summed E-state index contributed by atoms with van der Waals surface area (Å²) in [6, 6.07) is 8.67. The van der Waals surface area contributed by atoms with Crippen LogP contribution in [0.25, 0.3) is 0 Å². The number of nitrogens with zero attached hydrogens (tertiary/aromatic N) is 1. The molecule has 0 aliphatic carbocycles. The van der Waals surface area contributed by atoms with Crippen LogP contribution in [-0.4, -0.2) is 19.0 Å². The van der Waals surface area contributed by atoms with Crippen molar-refractivity contribution in [1.82, 2.24) is 0 Å². The second kappa shape index (κ2) is 6.73. The Bertz CT molecular complexity index is 286. The Balaban J connectivity index is 2.57. The van der Waals surface area contributed by atoms with Crippen molar-refractivity contribution in [3.8, 4) is 0 Å². The molecular formula is C13H20ClN. The monoisotopic (exact) mass is 225 g/mol. The van der Waals surface area contributed by atoms with Gasteiger partial charge in [0.15, 0.2) is 0 Å². The third-order valence-corrected chi connectivity index (χ3v) is 2.83. The van der Waals surface area contributed by atoms with Crippen molar-refractivity contribution < 1.29 is 0 Å². The lowest BCUT2D eigenvalue weighted by Crippen LogP contribution is -2.23. The summed E-state index contributed by atoms with van der Waals surface area (Å²) in [5.74, 6) is 0.769. The molecule has 1 aromatic carbocycles. The van der Waals surface area contributed by atoms with E-state index >= 15 is 0 Å². The van der Waals surface area contributed by atoms with Gasteiger partial charge in [0, 0.05) is 24.7 Å². The van der Waals surface area contributed by atoms with Gasteiger partial charge in [0.25, 0.3) is 0 Å². The lowest BCUT2D eigenvalue weighted by atomic mass is 10.2. The van der Waals surface area contributed by atoms with Gasteiger partial charge in [0.2, 0.25) is 0 Å². The zero-order valence-electron chi connectivity index (χ0n) is 9.67. The number of hydrogen-bond donors (Lipinski definition) is 0. The molecule has 1 nitrogen and oxygen atoms in total. The zero-order valence-corrected chi connectivity index (χ0v) is 10.4. The van der Waals surface area contributed by atoms with Crippen molar-refractivity contribution in [3.05, 3.63) is 29.8 Å². The van der Waals surface area contributed by atoms with Gasteiger partial charge in [-0.2, -0.15) is 0 Å². The van der Waals surface area contributed by atoms with Crippen molar-refractivity contribution in [3.63, 3.8) is 0 Å². The predicted molar refractivity (Wildman–Crippen MR) is 69.0 cm³/mol. The smallest absolute Gasteiger partial charge is 0.0368 e. The maximum Gasteiger partial charge on any atom is 0.0368 e. The molecule has 0 radical (unpaired) electrons. The van der Waals surface area contributed by atoms with Crippen LogP contribution in [0.2, 0.25) is 0 Å². The molecule has 0 aliphatic heterocycles. The number of benzene rings is 1. The number of unbranched alkanes of at least 4 members (excludes halogenated alkanes) is 1. The van der Waals surface area contributed by atoms with Gasteiger partial charge in [-0.05, 0) is 44.4 Å². The number of hydrogen-bond acceptors (Lipinski definition) is 1. The molecule has 0 fully saturated rings. The molecule has 0 aromatic heterocycles. The van der Waals surface area contributed by atoms with E-state index in [1.54, 1.807) is 0 Å². The van der Waals surface area contributed by atoms with Crippen molar-refractivity contribution in [2.45, 2.75) is 26.7 Å². The van der Waals surface area contributed by atoms with Crippen LogP contribution >= 0.6 is 11.6 Å². The quantitative estimate of drug-likeness (QED) is 0.525. The Labute approximate surface area is 98.0 Å². The van der Waals surface area contributed by atoms with Crippen molar-refractivity contribution in [2.75, 3.05) is 23.9 Å². The van der Waals surface area contributed by atoms with E-state index in [9.17, 15) is 0 Å². The summed E-state index contributed by atoms with van der Waals surface area (Å²) in [7, 11) is 0. The minimum absolute atomic E-state index is 0.769. The van der Waals surface area contributed by atoms with E-state index in [0.717, 1.165) is 25.4 Å². The SMILES string of the molecule is CCN(CCCCCl)c1cccc(C)c1. The first-order chi connectivity index (χ1) is 7.27. The largest absolute Gasteiger partial charge is 0.372 e. The van der Waals surface area contributed by atoms with E-state index in [2.05, 4.69) is 43.0 Å². The standard InChI is InChI=1S/C13H20ClN/c1-3-15(10-5-4-9-14)13-8-6-7-12(2)11-13/h6-8,11H,3-5,9-10H2,1-2H3. The van der Waals surface area contributed by atoms with Crippen LogP contribution in [0.3, 0.4) is 0 Å². The Morgan fingerprint density at radius 1 is 1.27 bits per heavy atom. The van der Waals surface area contributed by atoms with E-state index in [1.165, 1.54) is 17.7 Å². The van der Waals surface area contributed by atoms with Crippen LogP contribution in [0.15, 0.2) is 24.3 Å². The van der Waals surface area contributed by atoms with E-state index in [4.69, 9.17) is 11.6 Å². The summed E-state index contributed by atoms with van der Waals surface area (Å²) in [6.07, 6.45) is 2.27. The van der Waals surface area contributed by atoms with Crippen LogP contribution in [0.5, 0.6) is 0 Å². The molecule has 0 atom stereocenters. The third-order valence-electron chi connectivity index (χ3n) is 2.56. The molecule has 0 saturated heterocycles. The van der Waals surface area contributed by atoms with Gasteiger partial charge in [0.1, 0.15) is 0 Å². The molecule has 0 N–H and O–H groups in total. The van der Waals surface area contributed by atoms with E-state index in [-0.39, 0.29) is 0 Å². The number of alkyl halides is 1. The molecule has 0 aliphatic rings. The Hall–Kier alpha value is -0.690. The summed E-state index contributed by atoms with van der Waals surface area (Å²) in [6.45, 7) is 6.50. The van der Waals surface area contributed by atoms with Crippen LogP contribution in [-0.2, 0) is 0 Å². The van der Waals surface area contributed by atoms with Gasteiger partial charge in [0.05, 0.1) is 0 Å². The minimum Gasteiger partial charge on any atom is -0.372 e. The molecule has 1 rings (SSSR count). The van der Waals surface area contributed by atoms with Gasteiger partial charge in [-0.3, -0.25) is 0 Å². The highest BCUT2D eigenvalue weighted by atomic mass is 35.5. The van der Waals surface area contributed by atoms with Crippen LogP contribution in [0, 0.1) is 6.92 Å². The molecule has 1 aromatic rings. The average molecular weight is 226 g/mol. The number of halogens is 1. The summed E-state index contributed by atoms with van der Waals surface area (Å²) in [4.78, 5) is 2.40. The molecule has 84 valence electrons. The molecule has 15 heavy (non-hydrogen) atoms. The molecular weight excluding hydrogens is 206 g/mol. The maximum absolute atomic E-state index is 5.68. The second-order valence-corrected chi connectivity index (χ2v) is 4.19. The first-order valence-corrected chi connectivity index (χ1v) is 6.19.